The number of rotatable bonds is 3. The number of benzene rings is 8. The Hall–Kier alpha value is -6.12. The molecule has 0 radical (unpaired) electrons. The first-order chi connectivity index (χ1) is 22.8. The maximum atomic E-state index is 2.43. The van der Waals surface area contributed by atoms with Crippen molar-refractivity contribution in [2.45, 2.75) is 0 Å². The largest absolute Gasteiger partial charge is 0.309 e. The smallest absolute Gasteiger partial charge is 0.0547 e. The van der Waals surface area contributed by atoms with E-state index in [0.717, 1.165) is 0 Å². The van der Waals surface area contributed by atoms with Gasteiger partial charge in [0.2, 0.25) is 0 Å². The van der Waals surface area contributed by atoms with Crippen LogP contribution in [0.1, 0.15) is 0 Å². The normalized spacial score (nSPS) is 11.9. The van der Waals surface area contributed by atoms with Crippen molar-refractivity contribution in [2.75, 3.05) is 0 Å². The summed E-state index contributed by atoms with van der Waals surface area (Å²) >= 11 is 0. The average molecular weight is 585 g/mol. The van der Waals surface area contributed by atoms with Gasteiger partial charge in [-0.15, -0.1) is 0 Å². The summed E-state index contributed by atoms with van der Waals surface area (Å²) in [5, 5.41) is 10.1. The summed E-state index contributed by atoms with van der Waals surface area (Å²) in [5.41, 5.74) is 9.66. The summed E-state index contributed by atoms with van der Waals surface area (Å²) in [4.78, 5) is 0. The first-order valence-corrected chi connectivity index (χ1v) is 15.9. The monoisotopic (exact) mass is 584 g/mol. The minimum Gasteiger partial charge on any atom is -0.309 e. The van der Waals surface area contributed by atoms with E-state index < -0.39 is 0 Å². The molecule has 214 valence electrons. The lowest BCUT2D eigenvalue weighted by Crippen LogP contribution is -1.94. The second-order valence-electron chi connectivity index (χ2n) is 12.2. The highest BCUT2D eigenvalue weighted by Crippen LogP contribution is 2.41. The van der Waals surface area contributed by atoms with Crippen molar-refractivity contribution in [3.05, 3.63) is 170 Å². The Morgan fingerprint density at radius 3 is 1.52 bits per heavy atom. The Kier molecular flexibility index (Phi) is 5.31. The highest BCUT2D eigenvalue weighted by atomic mass is 15.0. The lowest BCUT2D eigenvalue weighted by atomic mass is 9.98. The minimum absolute atomic E-state index is 1.17. The van der Waals surface area contributed by atoms with Crippen LogP contribution in [0.25, 0.3) is 87.7 Å². The molecule has 0 bridgehead atoms. The van der Waals surface area contributed by atoms with E-state index in [9.17, 15) is 0 Å². The number of aromatic nitrogens is 2. The zero-order chi connectivity index (χ0) is 30.2. The van der Waals surface area contributed by atoms with Gasteiger partial charge in [-0.05, 0) is 81.2 Å². The molecule has 2 heterocycles. The molecule has 46 heavy (non-hydrogen) atoms. The molecule has 0 spiro atoms. The summed E-state index contributed by atoms with van der Waals surface area (Å²) in [7, 11) is 0. The standard InChI is InChI=1S/C44H28N2/c1-3-12-31-26-34(23-20-29(31)10-1)45-41-18-8-6-15-39(41)44-36(16-9-19-42(44)45)33-22-25-38-37-14-5-7-17-40(37)46(43(38)28-33)35-24-21-30-11-2-4-13-32(30)27-35/h1-28H. The van der Waals surface area contributed by atoms with Gasteiger partial charge in [0.05, 0.1) is 22.1 Å². The quantitative estimate of drug-likeness (QED) is 0.195. The van der Waals surface area contributed by atoms with Gasteiger partial charge in [0.1, 0.15) is 0 Å². The molecule has 0 unspecified atom stereocenters. The number of nitrogens with zero attached hydrogens (tertiary/aromatic N) is 2. The Balaban J connectivity index is 1.25. The molecule has 2 nitrogen and oxygen atoms in total. The lowest BCUT2D eigenvalue weighted by Gasteiger charge is -2.12. The van der Waals surface area contributed by atoms with Crippen molar-refractivity contribution in [1.82, 2.24) is 9.13 Å². The highest BCUT2D eigenvalue weighted by molar-refractivity contribution is 6.17. The van der Waals surface area contributed by atoms with Crippen LogP contribution >= 0.6 is 0 Å². The van der Waals surface area contributed by atoms with Gasteiger partial charge in [0.25, 0.3) is 0 Å². The maximum absolute atomic E-state index is 2.43. The number of para-hydroxylation sites is 2. The van der Waals surface area contributed by atoms with Crippen LogP contribution in [0.2, 0.25) is 0 Å². The predicted octanol–water partition coefficient (Wildman–Crippen LogP) is 11.9. The average Bonchev–Trinajstić information content (AvgIpc) is 3.64. The van der Waals surface area contributed by atoms with Crippen molar-refractivity contribution < 1.29 is 0 Å². The molecule has 0 aliphatic carbocycles. The summed E-state index contributed by atoms with van der Waals surface area (Å²) in [6, 6.07) is 62.1. The Labute approximate surface area is 266 Å². The Morgan fingerprint density at radius 2 is 0.826 bits per heavy atom. The first kappa shape index (κ1) is 25.2. The van der Waals surface area contributed by atoms with E-state index in [2.05, 4.69) is 179 Å². The second-order valence-corrected chi connectivity index (χ2v) is 12.2. The Morgan fingerprint density at radius 1 is 0.304 bits per heavy atom. The van der Waals surface area contributed by atoms with Crippen LogP contribution in [-0.2, 0) is 0 Å². The van der Waals surface area contributed by atoms with Gasteiger partial charge >= 0.3 is 0 Å². The number of fused-ring (bicyclic) bond motifs is 8. The molecule has 0 atom stereocenters. The fraction of sp³-hybridized carbons (Fsp3) is 0. The molecule has 10 rings (SSSR count). The second kappa shape index (κ2) is 9.69. The SMILES string of the molecule is c1ccc2cc(-n3c4ccccc4c4ccc(-c5cccc6c5c5ccccc5n6-c5ccc6ccccc6c5)cc43)ccc2c1. The van der Waals surface area contributed by atoms with Crippen LogP contribution in [0.4, 0.5) is 0 Å². The predicted molar refractivity (Wildman–Crippen MR) is 196 cm³/mol. The van der Waals surface area contributed by atoms with E-state index in [0.29, 0.717) is 0 Å². The molecule has 0 fully saturated rings. The van der Waals surface area contributed by atoms with Crippen molar-refractivity contribution in [3.8, 4) is 22.5 Å². The van der Waals surface area contributed by atoms with E-state index in [1.807, 2.05) is 0 Å². The van der Waals surface area contributed by atoms with E-state index in [4.69, 9.17) is 0 Å². The summed E-state index contributed by atoms with van der Waals surface area (Å²) in [5.74, 6) is 0. The summed E-state index contributed by atoms with van der Waals surface area (Å²) < 4.78 is 4.85. The third-order valence-corrected chi connectivity index (χ3v) is 9.66. The van der Waals surface area contributed by atoms with E-state index in [1.165, 1.54) is 87.7 Å². The molecule has 0 amide bonds. The van der Waals surface area contributed by atoms with Crippen LogP contribution in [0.3, 0.4) is 0 Å². The van der Waals surface area contributed by atoms with Gasteiger partial charge in [-0.3, -0.25) is 0 Å². The van der Waals surface area contributed by atoms with Gasteiger partial charge in [-0.1, -0.05) is 121 Å². The lowest BCUT2D eigenvalue weighted by molar-refractivity contribution is 1.18. The number of hydrogen-bond donors (Lipinski definition) is 0. The molecule has 0 aliphatic heterocycles. The van der Waals surface area contributed by atoms with Crippen molar-refractivity contribution in [2.24, 2.45) is 0 Å². The molecule has 0 aliphatic rings. The van der Waals surface area contributed by atoms with Gasteiger partial charge in [-0.25, -0.2) is 0 Å². The third kappa shape index (κ3) is 3.65. The summed E-state index contributed by atoms with van der Waals surface area (Å²) in [6.07, 6.45) is 0. The van der Waals surface area contributed by atoms with Crippen LogP contribution < -0.4 is 0 Å². The molecule has 10 aromatic rings. The Bertz CT molecular complexity index is 2810. The van der Waals surface area contributed by atoms with Crippen LogP contribution in [0.15, 0.2) is 170 Å². The zero-order valence-corrected chi connectivity index (χ0v) is 25.1. The van der Waals surface area contributed by atoms with Crippen molar-refractivity contribution in [1.29, 1.82) is 0 Å². The van der Waals surface area contributed by atoms with Gasteiger partial charge < -0.3 is 9.13 Å². The van der Waals surface area contributed by atoms with E-state index >= 15 is 0 Å². The molecular formula is C44H28N2. The molecule has 2 heteroatoms. The molecule has 0 N–H and O–H groups in total. The summed E-state index contributed by atoms with van der Waals surface area (Å²) in [6.45, 7) is 0. The molecular weight excluding hydrogens is 556 g/mol. The van der Waals surface area contributed by atoms with Gasteiger partial charge in [0, 0.05) is 32.9 Å². The van der Waals surface area contributed by atoms with E-state index in [1.54, 1.807) is 0 Å². The fourth-order valence-corrected chi connectivity index (χ4v) is 7.59. The minimum atomic E-state index is 1.17. The maximum Gasteiger partial charge on any atom is 0.0547 e. The van der Waals surface area contributed by atoms with E-state index in [-0.39, 0.29) is 0 Å². The van der Waals surface area contributed by atoms with Crippen LogP contribution in [0.5, 0.6) is 0 Å². The first-order valence-electron chi connectivity index (χ1n) is 15.9. The fourth-order valence-electron chi connectivity index (χ4n) is 7.59. The van der Waals surface area contributed by atoms with Crippen LogP contribution in [0, 0.1) is 0 Å². The highest BCUT2D eigenvalue weighted by Gasteiger charge is 2.18. The molecule has 2 aromatic heterocycles. The number of hydrogen-bond acceptors (Lipinski definition) is 0. The van der Waals surface area contributed by atoms with Crippen molar-refractivity contribution >= 4 is 65.2 Å². The van der Waals surface area contributed by atoms with Crippen LogP contribution in [-0.4, -0.2) is 9.13 Å². The van der Waals surface area contributed by atoms with Gasteiger partial charge in [0.15, 0.2) is 0 Å². The zero-order valence-electron chi connectivity index (χ0n) is 25.1. The topological polar surface area (TPSA) is 9.86 Å². The van der Waals surface area contributed by atoms with Gasteiger partial charge in [-0.2, -0.15) is 0 Å². The molecule has 8 aromatic carbocycles. The third-order valence-electron chi connectivity index (χ3n) is 9.66. The molecule has 0 saturated heterocycles. The molecule has 0 saturated carbocycles. The van der Waals surface area contributed by atoms with Crippen molar-refractivity contribution in [3.63, 3.8) is 0 Å².